The maximum atomic E-state index is 5.87. The number of nitrogens with two attached hydrogens (primary N) is 1. The minimum absolute atomic E-state index is 0.0206. The van der Waals surface area contributed by atoms with Crippen LogP contribution in [0.2, 0.25) is 0 Å². The van der Waals surface area contributed by atoms with Gasteiger partial charge in [0.25, 0.3) is 0 Å². The van der Waals surface area contributed by atoms with Crippen molar-refractivity contribution >= 4 is 0 Å². The summed E-state index contributed by atoms with van der Waals surface area (Å²) in [6.45, 7) is 8.05. The topological polar surface area (TPSA) is 42.4 Å². The molecule has 3 heteroatoms. The van der Waals surface area contributed by atoms with Gasteiger partial charge in [0, 0.05) is 12.1 Å². The van der Waals surface area contributed by atoms with E-state index >= 15 is 0 Å². The van der Waals surface area contributed by atoms with E-state index in [2.05, 4.69) is 32.7 Å². The fraction of sp³-hybridized carbons (Fsp3) is 0.667. The van der Waals surface area contributed by atoms with E-state index in [0.717, 1.165) is 12.3 Å². The van der Waals surface area contributed by atoms with Gasteiger partial charge >= 0.3 is 0 Å². The van der Waals surface area contributed by atoms with Crippen LogP contribution in [-0.4, -0.2) is 24.0 Å². The Bertz CT molecular complexity index is 282. The summed E-state index contributed by atoms with van der Waals surface area (Å²) in [4.78, 5) is 2.26. The van der Waals surface area contributed by atoms with Crippen LogP contribution >= 0.6 is 0 Å². The molecule has 3 nitrogen and oxygen atoms in total. The van der Waals surface area contributed by atoms with E-state index in [4.69, 9.17) is 10.2 Å². The molecular formula is C12H22N2O. The van der Waals surface area contributed by atoms with Gasteiger partial charge in [-0.1, -0.05) is 13.8 Å². The molecule has 1 aromatic heterocycles. The van der Waals surface area contributed by atoms with Crippen LogP contribution in [0.4, 0.5) is 0 Å². The highest BCUT2D eigenvalue weighted by molar-refractivity contribution is 5.00. The van der Waals surface area contributed by atoms with Gasteiger partial charge < -0.3 is 10.2 Å². The van der Waals surface area contributed by atoms with E-state index in [1.54, 1.807) is 6.26 Å². The minimum Gasteiger partial charge on any atom is -0.468 e. The predicted molar refractivity (Wildman–Crippen MR) is 62.5 cm³/mol. The molecule has 0 spiro atoms. The standard InChI is InChI=1S/C12H22N2O/c1-10(2)12(3,9-13)14(4)8-11-6-5-7-15-11/h5-7,10H,8-9,13H2,1-4H3. The van der Waals surface area contributed by atoms with Gasteiger partial charge in [0.1, 0.15) is 5.76 Å². The van der Waals surface area contributed by atoms with Gasteiger partial charge in [-0.15, -0.1) is 0 Å². The van der Waals surface area contributed by atoms with E-state index in [1.807, 2.05) is 12.1 Å². The Kier molecular flexibility index (Phi) is 3.94. The molecule has 1 atom stereocenters. The van der Waals surface area contributed by atoms with Crippen LogP contribution in [-0.2, 0) is 6.54 Å². The molecule has 15 heavy (non-hydrogen) atoms. The molecule has 0 saturated carbocycles. The van der Waals surface area contributed by atoms with Crippen LogP contribution in [0.1, 0.15) is 26.5 Å². The molecule has 0 aliphatic heterocycles. The van der Waals surface area contributed by atoms with Crippen molar-refractivity contribution in [3.63, 3.8) is 0 Å². The van der Waals surface area contributed by atoms with Crippen molar-refractivity contribution in [2.24, 2.45) is 11.7 Å². The second-order valence-electron chi connectivity index (χ2n) is 4.65. The highest BCUT2D eigenvalue weighted by atomic mass is 16.3. The Morgan fingerprint density at radius 3 is 2.60 bits per heavy atom. The quantitative estimate of drug-likeness (QED) is 0.809. The lowest BCUT2D eigenvalue weighted by molar-refractivity contribution is 0.0809. The van der Waals surface area contributed by atoms with Gasteiger partial charge in [-0.05, 0) is 32.0 Å². The molecule has 0 fully saturated rings. The van der Waals surface area contributed by atoms with Gasteiger partial charge in [-0.3, -0.25) is 4.90 Å². The fourth-order valence-corrected chi connectivity index (χ4v) is 1.65. The Morgan fingerprint density at radius 2 is 2.20 bits per heavy atom. The summed E-state index contributed by atoms with van der Waals surface area (Å²) < 4.78 is 5.34. The molecule has 1 heterocycles. The van der Waals surface area contributed by atoms with Gasteiger partial charge in [0.2, 0.25) is 0 Å². The molecule has 0 aliphatic rings. The normalized spacial score (nSPS) is 15.9. The van der Waals surface area contributed by atoms with Crippen LogP contribution in [0.5, 0.6) is 0 Å². The van der Waals surface area contributed by atoms with Crippen LogP contribution in [0.15, 0.2) is 22.8 Å². The maximum absolute atomic E-state index is 5.87. The molecule has 1 rings (SSSR count). The van der Waals surface area contributed by atoms with Gasteiger partial charge in [0.05, 0.1) is 12.8 Å². The fourth-order valence-electron chi connectivity index (χ4n) is 1.65. The molecule has 86 valence electrons. The number of likely N-dealkylation sites (N-methyl/N-ethyl adjacent to an activating group) is 1. The van der Waals surface area contributed by atoms with E-state index in [0.29, 0.717) is 12.5 Å². The molecule has 0 saturated heterocycles. The van der Waals surface area contributed by atoms with Crippen LogP contribution in [0, 0.1) is 5.92 Å². The number of rotatable bonds is 5. The Labute approximate surface area is 92.2 Å². The molecule has 0 aromatic carbocycles. The van der Waals surface area contributed by atoms with Crippen molar-refractivity contribution in [1.82, 2.24) is 4.90 Å². The van der Waals surface area contributed by atoms with Gasteiger partial charge in [-0.2, -0.15) is 0 Å². The molecule has 0 bridgehead atoms. The van der Waals surface area contributed by atoms with E-state index in [-0.39, 0.29) is 5.54 Å². The molecular weight excluding hydrogens is 188 g/mol. The molecule has 1 unspecified atom stereocenters. The van der Waals surface area contributed by atoms with Crippen molar-refractivity contribution in [2.75, 3.05) is 13.6 Å². The summed E-state index contributed by atoms with van der Waals surface area (Å²) in [5.74, 6) is 1.50. The molecule has 0 radical (unpaired) electrons. The average Bonchev–Trinajstić information content (AvgIpc) is 2.68. The lowest BCUT2D eigenvalue weighted by Gasteiger charge is -2.41. The first-order valence-corrected chi connectivity index (χ1v) is 5.44. The average molecular weight is 210 g/mol. The molecule has 0 amide bonds. The lowest BCUT2D eigenvalue weighted by atomic mass is 9.87. The van der Waals surface area contributed by atoms with Gasteiger partial charge in [0.15, 0.2) is 0 Å². The largest absolute Gasteiger partial charge is 0.468 e. The number of hydrogen-bond acceptors (Lipinski definition) is 3. The highest BCUT2D eigenvalue weighted by Crippen LogP contribution is 2.23. The van der Waals surface area contributed by atoms with E-state index < -0.39 is 0 Å². The van der Waals surface area contributed by atoms with Crippen LogP contribution in [0.3, 0.4) is 0 Å². The van der Waals surface area contributed by atoms with Crippen molar-refractivity contribution in [2.45, 2.75) is 32.9 Å². The number of nitrogens with zero attached hydrogens (tertiary/aromatic N) is 1. The maximum Gasteiger partial charge on any atom is 0.117 e. The van der Waals surface area contributed by atoms with E-state index in [9.17, 15) is 0 Å². The van der Waals surface area contributed by atoms with Crippen molar-refractivity contribution in [3.8, 4) is 0 Å². The van der Waals surface area contributed by atoms with Gasteiger partial charge in [-0.25, -0.2) is 0 Å². The van der Waals surface area contributed by atoms with Crippen LogP contribution in [0.25, 0.3) is 0 Å². The summed E-state index contributed by atoms with van der Waals surface area (Å²) in [7, 11) is 2.09. The second kappa shape index (κ2) is 4.81. The lowest BCUT2D eigenvalue weighted by Crippen LogP contribution is -2.53. The smallest absolute Gasteiger partial charge is 0.117 e. The zero-order valence-corrected chi connectivity index (χ0v) is 10.2. The Morgan fingerprint density at radius 1 is 1.53 bits per heavy atom. The van der Waals surface area contributed by atoms with Crippen molar-refractivity contribution in [3.05, 3.63) is 24.2 Å². The predicted octanol–water partition coefficient (Wildman–Crippen LogP) is 2.08. The Balaban J connectivity index is 2.69. The first kappa shape index (κ1) is 12.3. The van der Waals surface area contributed by atoms with Crippen LogP contribution < -0.4 is 5.73 Å². The van der Waals surface area contributed by atoms with Crippen molar-refractivity contribution < 1.29 is 4.42 Å². The Hall–Kier alpha value is -0.800. The summed E-state index contributed by atoms with van der Waals surface area (Å²) in [5, 5.41) is 0. The molecule has 1 aromatic rings. The third-order valence-corrected chi connectivity index (χ3v) is 3.50. The number of furan rings is 1. The molecule has 2 N–H and O–H groups in total. The summed E-state index contributed by atoms with van der Waals surface area (Å²) in [6, 6.07) is 3.91. The number of hydrogen-bond donors (Lipinski definition) is 1. The van der Waals surface area contributed by atoms with E-state index in [1.165, 1.54) is 0 Å². The summed E-state index contributed by atoms with van der Waals surface area (Å²) >= 11 is 0. The summed E-state index contributed by atoms with van der Waals surface area (Å²) in [5.41, 5.74) is 5.89. The SMILES string of the molecule is CC(C)C(C)(CN)N(C)Cc1ccco1. The minimum atomic E-state index is 0.0206. The first-order chi connectivity index (χ1) is 7.00. The third kappa shape index (κ3) is 2.61. The zero-order chi connectivity index (χ0) is 11.5. The zero-order valence-electron chi connectivity index (χ0n) is 10.2. The summed E-state index contributed by atoms with van der Waals surface area (Å²) in [6.07, 6.45) is 1.71. The highest BCUT2D eigenvalue weighted by Gasteiger charge is 2.31. The molecule has 0 aliphatic carbocycles. The first-order valence-electron chi connectivity index (χ1n) is 5.44. The van der Waals surface area contributed by atoms with Crippen molar-refractivity contribution in [1.29, 1.82) is 0 Å². The second-order valence-corrected chi connectivity index (χ2v) is 4.65. The monoisotopic (exact) mass is 210 g/mol. The third-order valence-electron chi connectivity index (χ3n) is 3.50.